The second kappa shape index (κ2) is 4.26. The van der Waals surface area contributed by atoms with Gasteiger partial charge in [0.1, 0.15) is 0 Å². The van der Waals surface area contributed by atoms with Gasteiger partial charge in [0.15, 0.2) is 0 Å². The molecule has 0 N–H and O–H groups in total. The maximum atomic E-state index is 8.64. The number of nitrogens with zero attached hydrogens (tertiary/aromatic N) is 4. The molecule has 1 fully saturated rings. The van der Waals surface area contributed by atoms with Crippen LogP contribution in [-0.2, 0) is 0 Å². The highest BCUT2D eigenvalue weighted by Crippen LogP contribution is 2.25. The smallest absolute Gasteiger partial charge is 0.0776 e. The maximum Gasteiger partial charge on any atom is 0.0776 e. The van der Waals surface area contributed by atoms with Gasteiger partial charge in [0, 0.05) is 24.8 Å². The van der Waals surface area contributed by atoms with Gasteiger partial charge in [0.05, 0.1) is 24.2 Å². The van der Waals surface area contributed by atoms with E-state index in [9.17, 15) is 0 Å². The van der Waals surface area contributed by atoms with Gasteiger partial charge in [0.25, 0.3) is 0 Å². The molecule has 0 amide bonds. The van der Waals surface area contributed by atoms with E-state index in [1.165, 1.54) is 5.69 Å². The predicted molar refractivity (Wildman–Crippen MR) is 62.0 cm³/mol. The molecule has 2 rings (SSSR count). The topological polar surface area (TPSA) is 44.9 Å². The summed E-state index contributed by atoms with van der Waals surface area (Å²) >= 11 is 0. The summed E-state index contributed by atoms with van der Waals surface area (Å²) in [7, 11) is 0. The Morgan fingerprint density at radius 3 is 2.75 bits per heavy atom. The molecule has 2 heterocycles. The standard InChI is InChI=1S/C12H18N4/c1-9-6-11(3)16(14-9)12-7-15(8-12)10(2)4-5-13/h6,10,12H,4,7-8H2,1-3H3/t10-/m0/s1. The van der Waals surface area contributed by atoms with E-state index in [1.54, 1.807) is 0 Å². The third kappa shape index (κ3) is 1.96. The van der Waals surface area contributed by atoms with Crippen LogP contribution < -0.4 is 0 Å². The molecule has 1 aromatic heterocycles. The third-order valence-corrected chi connectivity index (χ3v) is 3.29. The molecule has 0 radical (unpaired) electrons. The molecule has 1 aromatic rings. The predicted octanol–water partition coefficient (Wildman–Crippen LogP) is 1.66. The van der Waals surface area contributed by atoms with Crippen LogP contribution in [-0.4, -0.2) is 33.8 Å². The van der Waals surface area contributed by atoms with E-state index in [2.05, 4.69) is 40.7 Å². The minimum Gasteiger partial charge on any atom is -0.295 e. The lowest BCUT2D eigenvalue weighted by molar-refractivity contribution is 0.0606. The van der Waals surface area contributed by atoms with Crippen molar-refractivity contribution in [1.29, 1.82) is 5.26 Å². The average molecular weight is 218 g/mol. The van der Waals surface area contributed by atoms with Gasteiger partial charge >= 0.3 is 0 Å². The van der Waals surface area contributed by atoms with Crippen molar-refractivity contribution in [3.05, 3.63) is 17.5 Å². The molecule has 1 aliphatic rings. The first kappa shape index (κ1) is 11.2. The summed E-state index contributed by atoms with van der Waals surface area (Å²) in [6, 6.07) is 5.20. The van der Waals surface area contributed by atoms with Crippen molar-refractivity contribution >= 4 is 0 Å². The number of aryl methyl sites for hydroxylation is 2. The van der Waals surface area contributed by atoms with Crippen molar-refractivity contribution in [3.8, 4) is 6.07 Å². The largest absolute Gasteiger partial charge is 0.295 e. The van der Waals surface area contributed by atoms with Crippen LogP contribution in [0.4, 0.5) is 0 Å². The fraction of sp³-hybridized carbons (Fsp3) is 0.667. The van der Waals surface area contributed by atoms with Gasteiger partial charge in [-0.2, -0.15) is 10.4 Å². The number of rotatable bonds is 3. The van der Waals surface area contributed by atoms with Gasteiger partial charge in [-0.3, -0.25) is 9.58 Å². The van der Waals surface area contributed by atoms with E-state index >= 15 is 0 Å². The Hall–Kier alpha value is -1.34. The molecule has 4 heteroatoms. The van der Waals surface area contributed by atoms with Crippen LogP contribution in [0.3, 0.4) is 0 Å². The Bertz CT molecular complexity index is 409. The molecule has 0 bridgehead atoms. The quantitative estimate of drug-likeness (QED) is 0.775. The van der Waals surface area contributed by atoms with Crippen molar-refractivity contribution in [2.45, 2.75) is 39.3 Å². The zero-order valence-electron chi connectivity index (χ0n) is 10.1. The van der Waals surface area contributed by atoms with Crippen molar-refractivity contribution in [3.63, 3.8) is 0 Å². The monoisotopic (exact) mass is 218 g/mol. The van der Waals surface area contributed by atoms with Gasteiger partial charge in [-0.25, -0.2) is 0 Å². The molecule has 1 aliphatic heterocycles. The first-order valence-electron chi connectivity index (χ1n) is 5.75. The van der Waals surface area contributed by atoms with Crippen molar-refractivity contribution < 1.29 is 0 Å². The molecule has 16 heavy (non-hydrogen) atoms. The lowest BCUT2D eigenvalue weighted by Crippen LogP contribution is -2.52. The van der Waals surface area contributed by atoms with Crippen molar-refractivity contribution in [1.82, 2.24) is 14.7 Å². The van der Waals surface area contributed by atoms with Crippen LogP contribution in [0, 0.1) is 25.2 Å². The zero-order chi connectivity index (χ0) is 11.7. The molecule has 1 atom stereocenters. The summed E-state index contributed by atoms with van der Waals surface area (Å²) in [5.41, 5.74) is 2.32. The molecule has 86 valence electrons. The van der Waals surface area contributed by atoms with E-state index in [-0.39, 0.29) is 0 Å². The van der Waals surface area contributed by atoms with Crippen molar-refractivity contribution in [2.24, 2.45) is 0 Å². The lowest BCUT2D eigenvalue weighted by Gasteiger charge is -2.42. The molecular formula is C12H18N4. The fourth-order valence-corrected chi connectivity index (χ4v) is 2.28. The van der Waals surface area contributed by atoms with Crippen LogP contribution in [0.2, 0.25) is 0 Å². The molecule has 1 saturated heterocycles. The second-order valence-electron chi connectivity index (χ2n) is 4.69. The minimum absolute atomic E-state index is 0.373. The Morgan fingerprint density at radius 2 is 2.25 bits per heavy atom. The SMILES string of the molecule is Cc1cc(C)n(C2CN([C@@H](C)CC#N)C2)n1. The molecule has 4 nitrogen and oxygen atoms in total. The van der Waals surface area contributed by atoms with E-state index in [0.717, 1.165) is 18.8 Å². The van der Waals surface area contributed by atoms with Crippen LogP contribution in [0.25, 0.3) is 0 Å². The first-order chi connectivity index (χ1) is 7.61. The normalized spacial score (nSPS) is 19.1. The van der Waals surface area contributed by atoms with Gasteiger partial charge < -0.3 is 0 Å². The van der Waals surface area contributed by atoms with Gasteiger partial charge in [-0.05, 0) is 26.8 Å². The number of aromatic nitrogens is 2. The van der Waals surface area contributed by atoms with Crippen LogP contribution in [0.1, 0.15) is 30.8 Å². The Labute approximate surface area is 96.5 Å². The Morgan fingerprint density at radius 1 is 1.56 bits per heavy atom. The third-order valence-electron chi connectivity index (χ3n) is 3.29. The zero-order valence-corrected chi connectivity index (χ0v) is 10.1. The van der Waals surface area contributed by atoms with E-state index < -0.39 is 0 Å². The highest BCUT2D eigenvalue weighted by Gasteiger charge is 2.32. The van der Waals surface area contributed by atoms with Crippen molar-refractivity contribution in [2.75, 3.05) is 13.1 Å². The minimum atomic E-state index is 0.373. The van der Waals surface area contributed by atoms with Crippen LogP contribution in [0.15, 0.2) is 6.07 Å². The summed E-state index contributed by atoms with van der Waals surface area (Å²) in [5.74, 6) is 0. The number of hydrogen-bond acceptors (Lipinski definition) is 3. The molecule has 0 unspecified atom stereocenters. The highest BCUT2D eigenvalue weighted by atomic mass is 15.4. The van der Waals surface area contributed by atoms with E-state index in [4.69, 9.17) is 5.26 Å². The summed E-state index contributed by atoms with van der Waals surface area (Å²) in [5, 5.41) is 13.1. The Balaban J connectivity index is 1.94. The first-order valence-corrected chi connectivity index (χ1v) is 5.75. The number of hydrogen-bond donors (Lipinski definition) is 0. The summed E-state index contributed by atoms with van der Waals surface area (Å²) < 4.78 is 2.12. The van der Waals surface area contributed by atoms with Crippen LogP contribution >= 0.6 is 0 Å². The summed E-state index contributed by atoms with van der Waals surface area (Å²) in [6.45, 7) is 8.27. The van der Waals surface area contributed by atoms with Gasteiger partial charge in [-0.1, -0.05) is 0 Å². The highest BCUT2D eigenvalue weighted by molar-refractivity contribution is 5.09. The van der Waals surface area contributed by atoms with E-state index in [1.807, 2.05) is 6.92 Å². The summed E-state index contributed by atoms with van der Waals surface area (Å²) in [6.07, 6.45) is 0.615. The van der Waals surface area contributed by atoms with Gasteiger partial charge in [-0.15, -0.1) is 0 Å². The molecule has 0 spiro atoms. The second-order valence-corrected chi connectivity index (χ2v) is 4.69. The molecule has 0 aromatic carbocycles. The molecular weight excluding hydrogens is 200 g/mol. The number of likely N-dealkylation sites (tertiary alicyclic amines) is 1. The average Bonchev–Trinajstić information content (AvgIpc) is 2.43. The molecule has 0 saturated carbocycles. The lowest BCUT2D eigenvalue weighted by atomic mass is 10.0. The number of nitriles is 1. The summed E-state index contributed by atoms with van der Waals surface area (Å²) in [4.78, 5) is 2.34. The van der Waals surface area contributed by atoms with Crippen LogP contribution in [0.5, 0.6) is 0 Å². The maximum absolute atomic E-state index is 8.64. The Kier molecular flexibility index (Phi) is 2.97. The van der Waals surface area contributed by atoms with E-state index in [0.29, 0.717) is 18.5 Å². The molecule has 0 aliphatic carbocycles. The fourth-order valence-electron chi connectivity index (χ4n) is 2.28. The van der Waals surface area contributed by atoms with Gasteiger partial charge in [0.2, 0.25) is 0 Å².